The number of carbonyl (C=O) groups excluding carboxylic acids is 2. The Morgan fingerprint density at radius 3 is 2.30 bits per heavy atom. The predicted molar refractivity (Wildman–Crippen MR) is 106 cm³/mol. The zero-order valence-corrected chi connectivity index (χ0v) is 17.2. The van der Waals surface area contributed by atoms with Gasteiger partial charge in [0.2, 0.25) is 0 Å². The summed E-state index contributed by atoms with van der Waals surface area (Å²) < 4.78 is 44.1. The van der Waals surface area contributed by atoms with Gasteiger partial charge in [0, 0.05) is 15.6 Å². The van der Waals surface area contributed by atoms with Crippen LogP contribution in [0.5, 0.6) is 0 Å². The fourth-order valence-corrected chi connectivity index (χ4v) is 4.20. The van der Waals surface area contributed by atoms with Crippen molar-refractivity contribution in [2.75, 3.05) is 0 Å². The van der Waals surface area contributed by atoms with E-state index >= 15 is 0 Å². The van der Waals surface area contributed by atoms with Gasteiger partial charge < -0.3 is 5.32 Å². The first-order valence-electron chi connectivity index (χ1n) is 8.82. The number of carbonyl (C=O) groups is 2. The smallest absolute Gasteiger partial charge is 0.315 e. The van der Waals surface area contributed by atoms with Crippen LogP contribution >= 0.6 is 23.2 Å². The summed E-state index contributed by atoms with van der Waals surface area (Å²) in [6, 6.07) is 6.87. The molecule has 1 amide bonds. The summed E-state index contributed by atoms with van der Waals surface area (Å²) in [7, 11) is 0. The molecule has 0 radical (unpaired) electrons. The number of hydrogen-bond acceptors (Lipinski definition) is 3. The third-order valence-electron chi connectivity index (χ3n) is 5.23. The Kier molecular flexibility index (Phi) is 4.63. The molecule has 1 atom stereocenters. The molecule has 1 aromatic heterocycles. The SMILES string of the molecule is Cc1cc2nc3n(c2cc1C)C(NC(=O)c1cc(Cl)cc(Cl)c1)(C(F)(F)F)C(=O)C3. The highest BCUT2D eigenvalue weighted by atomic mass is 35.5. The van der Waals surface area contributed by atoms with Gasteiger partial charge in [-0.05, 0) is 55.3 Å². The molecule has 1 N–H and O–H groups in total. The maximum Gasteiger partial charge on any atom is 0.438 e. The lowest BCUT2D eigenvalue weighted by Crippen LogP contribution is -2.62. The largest absolute Gasteiger partial charge is 0.438 e. The van der Waals surface area contributed by atoms with Crippen LogP contribution < -0.4 is 5.32 Å². The van der Waals surface area contributed by atoms with E-state index in [0.29, 0.717) is 5.52 Å². The standard InChI is InChI=1S/C20H14Cl2F3N3O2/c1-9-3-14-15(4-10(9)2)28-17(26-14)8-16(29)19(28,20(23,24)25)27-18(30)11-5-12(21)7-13(22)6-11/h3-7H,8H2,1-2H3,(H,27,30). The molecule has 4 rings (SSSR count). The van der Waals surface area contributed by atoms with Gasteiger partial charge in [0.15, 0.2) is 5.78 Å². The van der Waals surface area contributed by atoms with Crippen LogP contribution in [0.2, 0.25) is 10.0 Å². The van der Waals surface area contributed by atoms with Gasteiger partial charge in [-0.2, -0.15) is 13.2 Å². The Balaban J connectivity index is 1.93. The summed E-state index contributed by atoms with van der Waals surface area (Å²) in [6.07, 6.45) is -5.69. The monoisotopic (exact) mass is 455 g/mol. The van der Waals surface area contributed by atoms with Gasteiger partial charge in [0.1, 0.15) is 5.82 Å². The lowest BCUT2D eigenvalue weighted by molar-refractivity contribution is -0.214. The second kappa shape index (κ2) is 6.72. The minimum atomic E-state index is -5.13. The highest BCUT2D eigenvalue weighted by Crippen LogP contribution is 2.44. The number of amides is 1. The number of alkyl halides is 3. The van der Waals surface area contributed by atoms with Gasteiger partial charge >= 0.3 is 6.18 Å². The summed E-state index contributed by atoms with van der Waals surface area (Å²) in [6.45, 7) is 3.55. The lowest BCUT2D eigenvalue weighted by Gasteiger charge is -2.33. The molecule has 2 heterocycles. The fraction of sp³-hybridized carbons (Fsp3) is 0.250. The molecule has 156 valence electrons. The number of ketones is 1. The molecule has 2 aromatic carbocycles. The number of nitrogens with zero attached hydrogens (tertiary/aromatic N) is 2. The van der Waals surface area contributed by atoms with Crippen LogP contribution in [-0.4, -0.2) is 27.4 Å². The Morgan fingerprint density at radius 2 is 1.70 bits per heavy atom. The molecular weight excluding hydrogens is 442 g/mol. The van der Waals surface area contributed by atoms with Gasteiger partial charge in [0.25, 0.3) is 11.6 Å². The summed E-state index contributed by atoms with van der Waals surface area (Å²) in [5.41, 5.74) is -1.48. The zero-order valence-electron chi connectivity index (χ0n) is 15.7. The molecule has 10 heteroatoms. The number of aromatic nitrogens is 2. The van der Waals surface area contributed by atoms with E-state index in [1.807, 2.05) is 12.2 Å². The lowest BCUT2D eigenvalue weighted by atomic mass is 10.0. The molecule has 1 unspecified atom stereocenters. The van der Waals surface area contributed by atoms with Crippen molar-refractivity contribution in [2.24, 2.45) is 0 Å². The number of benzene rings is 2. The van der Waals surface area contributed by atoms with Crippen molar-refractivity contribution in [1.29, 1.82) is 0 Å². The van der Waals surface area contributed by atoms with Crippen LogP contribution in [0.1, 0.15) is 27.3 Å². The second-order valence-corrected chi connectivity index (χ2v) is 8.08. The first-order chi connectivity index (χ1) is 13.9. The van der Waals surface area contributed by atoms with Crippen molar-refractivity contribution in [2.45, 2.75) is 32.1 Å². The molecule has 0 fully saturated rings. The molecule has 0 bridgehead atoms. The maximum absolute atomic E-state index is 14.4. The topological polar surface area (TPSA) is 64.0 Å². The van der Waals surface area contributed by atoms with Gasteiger partial charge in [-0.25, -0.2) is 4.98 Å². The second-order valence-electron chi connectivity index (χ2n) is 7.21. The van der Waals surface area contributed by atoms with Crippen molar-refractivity contribution in [3.63, 3.8) is 0 Å². The van der Waals surface area contributed by atoms with Crippen molar-refractivity contribution >= 4 is 45.9 Å². The van der Waals surface area contributed by atoms with Crippen LogP contribution in [0.15, 0.2) is 30.3 Å². The van der Waals surface area contributed by atoms with E-state index in [4.69, 9.17) is 23.2 Å². The van der Waals surface area contributed by atoms with Crippen LogP contribution in [0.25, 0.3) is 11.0 Å². The molecular formula is C20H14Cl2F3N3O2. The molecule has 30 heavy (non-hydrogen) atoms. The van der Waals surface area contributed by atoms with E-state index in [1.54, 1.807) is 13.0 Å². The molecule has 0 aliphatic carbocycles. The average molecular weight is 456 g/mol. The minimum Gasteiger partial charge on any atom is -0.315 e. The van der Waals surface area contributed by atoms with Crippen molar-refractivity contribution in [3.05, 3.63) is 62.9 Å². The van der Waals surface area contributed by atoms with E-state index in [9.17, 15) is 22.8 Å². The van der Waals surface area contributed by atoms with Crippen LogP contribution in [-0.2, 0) is 16.9 Å². The van der Waals surface area contributed by atoms with E-state index < -0.39 is 30.0 Å². The Morgan fingerprint density at radius 1 is 1.10 bits per heavy atom. The summed E-state index contributed by atoms with van der Waals surface area (Å²) in [5.74, 6) is -2.43. The third kappa shape index (κ3) is 2.97. The van der Waals surface area contributed by atoms with Crippen LogP contribution in [0.3, 0.4) is 0 Å². The minimum absolute atomic E-state index is 0.0678. The first kappa shape index (κ1) is 20.7. The number of Topliss-reactive ketones (excluding diaryl/α,β-unsaturated/α-hetero) is 1. The van der Waals surface area contributed by atoms with E-state index in [1.165, 1.54) is 24.3 Å². The van der Waals surface area contributed by atoms with E-state index in [-0.39, 0.29) is 26.9 Å². The van der Waals surface area contributed by atoms with Crippen LogP contribution in [0.4, 0.5) is 13.2 Å². The van der Waals surface area contributed by atoms with Crippen LogP contribution in [0, 0.1) is 13.8 Å². The van der Waals surface area contributed by atoms with Crippen molar-refractivity contribution < 1.29 is 22.8 Å². The van der Waals surface area contributed by atoms with E-state index in [2.05, 4.69) is 4.98 Å². The molecule has 5 nitrogen and oxygen atoms in total. The quantitative estimate of drug-likeness (QED) is 0.607. The number of rotatable bonds is 2. The van der Waals surface area contributed by atoms with Crippen molar-refractivity contribution in [1.82, 2.24) is 14.9 Å². The summed E-state index contributed by atoms with van der Waals surface area (Å²) >= 11 is 11.7. The molecule has 0 spiro atoms. The maximum atomic E-state index is 14.4. The molecule has 3 aromatic rings. The van der Waals surface area contributed by atoms with Gasteiger partial charge in [0.05, 0.1) is 17.5 Å². The highest BCUT2D eigenvalue weighted by Gasteiger charge is 2.66. The third-order valence-corrected chi connectivity index (χ3v) is 5.66. The summed E-state index contributed by atoms with van der Waals surface area (Å²) in [5, 5.41) is 2.06. The first-order valence-corrected chi connectivity index (χ1v) is 9.57. The predicted octanol–water partition coefficient (Wildman–Crippen LogP) is 4.73. The van der Waals surface area contributed by atoms with Crippen molar-refractivity contribution in [3.8, 4) is 0 Å². The normalized spacial score (nSPS) is 18.7. The number of imidazole rings is 1. The van der Waals surface area contributed by atoms with E-state index in [0.717, 1.165) is 15.7 Å². The summed E-state index contributed by atoms with van der Waals surface area (Å²) in [4.78, 5) is 29.7. The van der Waals surface area contributed by atoms with Gasteiger partial charge in [-0.3, -0.25) is 14.2 Å². The Hall–Kier alpha value is -2.58. The molecule has 0 saturated carbocycles. The number of hydrogen-bond donors (Lipinski definition) is 1. The van der Waals surface area contributed by atoms with Gasteiger partial charge in [-0.15, -0.1) is 0 Å². The zero-order chi connectivity index (χ0) is 22.0. The number of nitrogens with one attached hydrogen (secondary N) is 1. The fourth-order valence-electron chi connectivity index (χ4n) is 3.67. The molecule has 1 aliphatic rings. The highest BCUT2D eigenvalue weighted by molar-refractivity contribution is 6.35. The average Bonchev–Trinajstić information content (AvgIpc) is 3.08. The Bertz CT molecular complexity index is 1220. The Labute approximate surface area is 178 Å². The number of fused-ring (bicyclic) bond motifs is 3. The van der Waals surface area contributed by atoms with Gasteiger partial charge in [-0.1, -0.05) is 23.2 Å². The number of halogens is 5. The molecule has 0 saturated heterocycles. The molecule has 1 aliphatic heterocycles. The number of aryl methyl sites for hydroxylation is 2.